The maximum Gasteiger partial charge on any atom is 0.255 e. The van der Waals surface area contributed by atoms with Gasteiger partial charge in [-0.2, -0.15) is 5.10 Å². The van der Waals surface area contributed by atoms with Crippen molar-refractivity contribution in [2.45, 2.75) is 12.8 Å². The first-order valence-corrected chi connectivity index (χ1v) is 12.2. The number of nitrogens with zero attached hydrogens (tertiary/aromatic N) is 4. The topological polar surface area (TPSA) is 71.9 Å². The summed E-state index contributed by atoms with van der Waals surface area (Å²) in [6, 6.07) is 15.4. The second-order valence-electron chi connectivity index (χ2n) is 8.85. The largest absolute Gasteiger partial charge is 0.493 e. The minimum absolute atomic E-state index is 0.128. The van der Waals surface area contributed by atoms with Crippen LogP contribution in [0.25, 0.3) is 16.9 Å². The van der Waals surface area contributed by atoms with Crippen LogP contribution in [-0.2, 0) is 0 Å². The van der Waals surface area contributed by atoms with Gasteiger partial charge in [-0.1, -0.05) is 18.2 Å². The number of para-hydroxylation sites is 1. The molecule has 35 heavy (non-hydrogen) atoms. The number of hydrogen-bond donors (Lipinski definition) is 1. The fraction of sp³-hybridized carbons (Fsp3) is 0.407. The van der Waals surface area contributed by atoms with E-state index in [0.29, 0.717) is 29.3 Å². The summed E-state index contributed by atoms with van der Waals surface area (Å²) >= 11 is 0. The number of carbonyl (C=O) groups is 1. The monoisotopic (exact) mass is 477 g/mol. The van der Waals surface area contributed by atoms with Crippen LogP contribution in [0.15, 0.2) is 54.7 Å². The van der Waals surface area contributed by atoms with E-state index in [-0.39, 0.29) is 5.91 Å². The lowest BCUT2D eigenvalue weighted by atomic mass is 10.1. The Morgan fingerprint density at radius 1 is 0.971 bits per heavy atom. The zero-order valence-corrected chi connectivity index (χ0v) is 20.9. The Labute approximate surface area is 207 Å². The number of hydrogen-bond acceptors (Lipinski definition) is 6. The van der Waals surface area contributed by atoms with Crippen molar-refractivity contribution in [1.82, 2.24) is 24.9 Å². The number of ether oxygens (including phenoxy) is 2. The summed E-state index contributed by atoms with van der Waals surface area (Å²) in [6.45, 7) is 6.20. The fourth-order valence-corrected chi connectivity index (χ4v) is 4.28. The van der Waals surface area contributed by atoms with E-state index in [0.717, 1.165) is 56.8 Å². The van der Waals surface area contributed by atoms with Crippen LogP contribution in [0.2, 0.25) is 0 Å². The van der Waals surface area contributed by atoms with E-state index < -0.39 is 0 Å². The molecule has 2 aromatic carbocycles. The molecule has 186 valence electrons. The molecule has 0 aliphatic carbocycles. The third-order valence-corrected chi connectivity index (χ3v) is 6.42. The second kappa shape index (κ2) is 11.9. The highest BCUT2D eigenvalue weighted by atomic mass is 16.5. The number of methoxy groups -OCH3 is 2. The maximum absolute atomic E-state index is 13.2. The van der Waals surface area contributed by atoms with Crippen molar-refractivity contribution in [2.75, 3.05) is 60.5 Å². The summed E-state index contributed by atoms with van der Waals surface area (Å²) < 4.78 is 12.6. The molecule has 0 spiro atoms. The van der Waals surface area contributed by atoms with Crippen LogP contribution >= 0.6 is 0 Å². The molecular formula is C27H35N5O3. The van der Waals surface area contributed by atoms with Crippen LogP contribution in [0.3, 0.4) is 0 Å². The normalized spacial score (nSPS) is 14.6. The molecule has 8 heteroatoms. The minimum Gasteiger partial charge on any atom is -0.493 e. The lowest BCUT2D eigenvalue weighted by Crippen LogP contribution is -2.44. The van der Waals surface area contributed by atoms with Gasteiger partial charge in [0.25, 0.3) is 5.91 Å². The first-order chi connectivity index (χ1) is 17.1. The van der Waals surface area contributed by atoms with E-state index in [1.165, 1.54) is 0 Å². The molecule has 0 radical (unpaired) electrons. The highest BCUT2D eigenvalue weighted by Gasteiger charge is 2.20. The van der Waals surface area contributed by atoms with Crippen LogP contribution in [0, 0.1) is 0 Å². The first kappa shape index (κ1) is 24.8. The van der Waals surface area contributed by atoms with Crippen LogP contribution in [0.5, 0.6) is 11.5 Å². The molecule has 2 heterocycles. The lowest BCUT2D eigenvalue weighted by molar-refractivity contribution is 0.0952. The summed E-state index contributed by atoms with van der Waals surface area (Å²) in [7, 11) is 5.37. The molecule has 1 aromatic heterocycles. The number of piperazine rings is 1. The zero-order valence-electron chi connectivity index (χ0n) is 20.9. The van der Waals surface area contributed by atoms with Crippen LogP contribution in [0.1, 0.15) is 23.2 Å². The summed E-state index contributed by atoms with van der Waals surface area (Å²) in [5.74, 6) is 1.09. The van der Waals surface area contributed by atoms with Gasteiger partial charge in [-0.05, 0) is 56.8 Å². The molecule has 0 atom stereocenters. The van der Waals surface area contributed by atoms with Crippen molar-refractivity contribution in [2.24, 2.45) is 0 Å². The predicted octanol–water partition coefficient (Wildman–Crippen LogP) is 3.31. The lowest BCUT2D eigenvalue weighted by Gasteiger charge is -2.32. The number of rotatable bonds is 10. The number of unbranched alkanes of at least 4 members (excludes halogenated alkanes) is 1. The molecular weight excluding hydrogens is 442 g/mol. The molecule has 0 saturated carbocycles. The van der Waals surface area contributed by atoms with E-state index >= 15 is 0 Å². The standard InChI is InChI=1S/C27H35N5O3/c1-30-15-17-31(18-16-30)14-8-7-13-28-27(33)23-20-32(22-9-5-4-6-10-22)29-26(23)21-11-12-24(34-2)25(19-21)35-3/h4-6,9-12,19-20H,7-8,13-18H2,1-3H3,(H,28,33). The van der Waals surface area contributed by atoms with E-state index in [1.54, 1.807) is 25.1 Å². The van der Waals surface area contributed by atoms with Crippen molar-refractivity contribution in [3.8, 4) is 28.4 Å². The van der Waals surface area contributed by atoms with Crippen molar-refractivity contribution in [3.05, 3.63) is 60.3 Å². The van der Waals surface area contributed by atoms with Gasteiger partial charge in [-0.15, -0.1) is 0 Å². The summed E-state index contributed by atoms with van der Waals surface area (Å²) in [5, 5.41) is 7.86. The number of likely N-dealkylation sites (N-methyl/N-ethyl adjacent to an activating group) is 1. The first-order valence-electron chi connectivity index (χ1n) is 12.2. The molecule has 1 N–H and O–H groups in total. The van der Waals surface area contributed by atoms with Gasteiger partial charge in [-0.25, -0.2) is 4.68 Å². The van der Waals surface area contributed by atoms with E-state index in [9.17, 15) is 4.79 Å². The van der Waals surface area contributed by atoms with Gasteiger partial charge in [-0.3, -0.25) is 4.79 Å². The molecule has 0 unspecified atom stereocenters. The number of benzene rings is 2. The Balaban J connectivity index is 1.46. The number of amides is 1. The fourth-order valence-electron chi connectivity index (χ4n) is 4.28. The molecule has 8 nitrogen and oxygen atoms in total. The molecule has 4 rings (SSSR count). The third kappa shape index (κ3) is 6.21. The van der Waals surface area contributed by atoms with Crippen molar-refractivity contribution in [1.29, 1.82) is 0 Å². The van der Waals surface area contributed by atoms with Crippen LogP contribution < -0.4 is 14.8 Å². The number of aromatic nitrogens is 2. The third-order valence-electron chi connectivity index (χ3n) is 6.42. The van der Waals surface area contributed by atoms with Crippen LogP contribution in [-0.4, -0.2) is 86.0 Å². The zero-order chi connectivity index (χ0) is 24.6. The van der Waals surface area contributed by atoms with Gasteiger partial charge < -0.3 is 24.6 Å². The highest BCUT2D eigenvalue weighted by Crippen LogP contribution is 2.33. The van der Waals surface area contributed by atoms with Gasteiger partial charge in [0.1, 0.15) is 5.69 Å². The van der Waals surface area contributed by atoms with Gasteiger partial charge >= 0.3 is 0 Å². The van der Waals surface area contributed by atoms with E-state index in [1.807, 2.05) is 48.5 Å². The summed E-state index contributed by atoms with van der Waals surface area (Å²) in [5.41, 5.74) is 2.81. The Morgan fingerprint density at radius 2 is 1.71 bits per heavy atom. The number of nitrogens with one attached hydrogen (secondary N) is 1. The van der Waals surface area contributed by atoms with E-state index in [4.69, 9.17) is 14.6 Å². The summed E-state index contributed by atoms with van der Waals surface area (Å²) in [6.07, 6.45) is 3.80. The predicted molar refractivity (Wildman–Crippen MR) is 138 cm³/mol. The SMILES string of the molecule is COc1ccc(-c2nn(-c3ccccc3)cc2C(=O)NCCCCN2CCN(C)CC2)cc1OC. The summed E-state index contributed by atoms with van der Waals surface area (Å²) in [4.78, 5) is 18.1. The highest BCUT2D eigenvalue weighted by molar-refractivity contribution is 6.00. The minimum atomic E-state index is -0.128. The molecule has 1 saturated heterocycles. The molecule has 0 bridgehead atoms. The van der Waals surface area contributed by atoms with Gasteiger partial charge in [0.15, 0.2) is 11.5 Å². The van der Waals surface area contributed by atoms with Gasteiger partial charge in [0.05, 0.1) is 25.5 Å². The average Bonchev–Trinajstić information content (AvgIpc) is 3.35. The second-order valence-corrected chi connectivity index (χ2v) is 8.85. The maximum atomic E-state index is 13.2. The van der Waals surface area contributed by atoms with Crippen molar-refractivity contribution < 1.29 is 14.3 Å². The smallest absolute Gasteiger partial charge is 0.255 e. The Hall–Kier alpha value is -3.36. The Bertz CT molecular complexity index is 1110. The van der Waals surface area contributed by atoms with E-state index in [2.05, 4.69) is 22.2 Å². The quantitative estimate of drug-likeness (QED) is 0.452. The van der Waals surface area contributed by atoms with Gasteiger partial charge in [0.2, 0.25) is 0 Å². The average molecular weight is 478 g/mol. The van der Waals surface area contributed by atoms with Gasteiger partial charge in [0, 0.05) is 44.5 Å². The molecule has 1 fully saturated rings. The van der Waals surface area contributed by atoms with Crippen LogP contribution in [0.4, 0.5) is 0 Å². The number of carbonyl (C=O) groups excluding carboxylic acids is 1. The Kier molecular flexibility index (Phi) is 8.39. The molecule has 1 amide bonds. The molecule has 1 aliphatic heterocycles. The molecule has 3 aromatic rings. The molecule has 1 aliphatic rings. The Morgan fingerprint density at radius 3 is 2.43 bits per heavy atom. The van der Waals surface area contributed by atoms with Crippen molar-refractivity contribution >= 4 is 5.91 Å². The van der Waals surface area contributed by atoms with Crippen molar-refractivity contribution in [3.63, 3.8) is 0 Å².